The van der Waals surface area contributed by atoms with Crippen molar-refractivity contribution in [2.75, 3.05) is 44.6 Å². The van der Waals surface area contributed by atoms with Crippen molar-refractivity contribution in [3.05, 3.63) is 71.0 Å². The molecule has 0 amide bonds. The molecule has 32 heavy (non-hydrogen) atoms. The molecule has 1 saturated heterocycles. The molecule has 0 atom stereocenters. The van der Waals surface area contributed by atoms with E-state index in [4.69, 9.17) is 4.74 Å². The van der Waals surface area contributed by atoms with E-state index in [1.807, 2.05) is 36.4 Å². The lowest BCUT2D eigenvalue weighted by molar-refractivity contribution is 0.0691. The third kappa shape index (κ3) is 5.66. The number of aryl methyl sites for hydroxylation is 1. The van der Waals surface area contributed by atoms with Gasteiger partial charge in [0.15, 0.2) is 5.69 Å². The van der Waals surface area contributed by atoms with Gasteiger partial charge in [0.2, 0.25) is 0 Å². The number of aromatic carboxylic acids is 1. The predicted octanol–water partition coefficient (Wildman–Crippen LogP) is 3.03. The molecule has 8 heteroatoms. The lowest BCUT2D eigenvalue weighted by Crippen LogP contribution is -2.44. The standard InChI is InChI=1S/C24H29N5O3/c1-17-22(23(24(30)31)28-27-17)26-20-6-2-18(3-7-20)16-19-4-8-21(9-5-19)32-15-14-29-12-10-25-11-13-29/h2-9,25-26H,10-16H2,1H3,(H,27,28)(H,30,31). The van der Waals surface area contributed by atoms with Gasteiger partial charge in [-0.15, -0.1) is 0 Å². The van der Waals surface area contributed by atoms with Crippen LogP contribution in [0, 0.1) is 6.92 Å². The Bertz CT molecular complexity index is 1020. The van der Waals surface area contributed by atoms with E-state index in [-0.39, 0.29) is 5.69 Å². The number of hydrogen-bond acceptors (Lipinski definition) is 6. The number of nitrogens with one attached hydrogen (secondary N) is 3. The van der Waals surface area contributed by atoms with Gasteiger partial charge in [-0.2, -0.15) is 5.10 Å². The molecule has 1 fully saturated rings. The largest absolute Gasteiger partial charge is 0.492 e. The molecule has 168 valence electrons. The molecule has 0 aliphatic carbocycles. The number of benzene rings is 2. The van der Waals surface area contributed by atoms with E-state index in [2.05, 4.69) is 37.9 Å². The highest BCUT2D eigenvalue weighted by atomic mass is 16.5. The number of carboxylic acid groups (broad SMARTS) is 1. The molecule has 1 aliphatic rings. The molecule has 8 nitrogen and oxygen atoms in total. The fourth-order valence-electron chi connectivity index (χ4n) is 3.75. The van der Waals surface area contributed by atoms with Gasteiger partial charge in [-0.1, -0.05) is 24.3 Å². The van der Waals surface area contributed by atoms with Crippen molar-refractivity contribution in [1.82, 2.24) is 20.4 Å². The molecule has 0 radical (unpaired) electrons. The van der Waals surface area contributed by atoms with Crippen molar-refractivity contribution in [3.8, 4) is 5.75 Å². The molecular formula is C24H29N5O3. The van der Waals surface area contributed by atoms with Crippen molar-refractivity contribution in [2.45, 2.75) is 13.3 Å². The SMILES string of the molecule is Cc1[nH]nc(C(=O)O)c1Nc1ccc(Cc2ccc(OCCN3CCNCC3)cc2)cc1. The topological polar surface area (TPSA) is 103 Å². The molecule has 3 aromatic rings. The van der Waals surface area contributed by atoms with Gasteiger partial charge in [0.1, 0.15) is 12.4 Å². The maximum absolute atomic E-state index is 11.3. The molecule has 4 rings (SSSR count). The number of rotatable bonds is 9. The third-order valence-corrected chi connectivity index (χ3v) is 5.59. The second kappa shape index (κ2) is 10.3. The number of nitrogens with zero attached hydrogens (tertiary/aromatic N) is 2. The normalized spacial score (nSPS) is 14.3. The summed E-state index contributed by atoms with van der Waals surface area (Å²) in [6.07, 6.45) is 0.812. The van der Waals surface area contributed by atoms with E-state index in [0.717, 1.165) is 50.6 Å². The number of aromatic nitrogens is 2. The monoisotopic (exact) mass is 435 g/mol. The van der Waals surface area contributed by atoms with Crippen LogP contribution >= 0.6 is 0 Å². The molecule has 1 aromatic heterocycles. The van der Waals surface area contributed by atoms with Crippen LogP contribution in [0.25, 0.3) is 0 Å². The van der Waals surface area contributed by atoms with Crippen LogP contribution in [0.3, 0.4) is 0 Å². The summed E-state index contributed by atoms with van der Waals surface area (Å²) in [7, 11) is 0. The van der Waals surface area contributed by atoms with Gasteiger partial charge in [0, 0.05) is 38.4 Å². The van der Waals surface area contributed by atoms with Crippen molar-refractivity contribution >= 4 is 17.3 Å². The van der Waals surface area contributed by atoms with Gasteiger partial charge in [0.25, 0.3) is 0 Å². The predicted molar refractivity (Wildman–Crippen MR) is 124 cm³/mol. The van der Waals surface area contributed by atoms with Crippen LogP contribution in [0.15, 0.2) is 48.5 Å². The van der Waals surface area contributed by atoms with E-state index in [0.29, 0.717) is 18.0 Å². The minimum absolute atomic E-state index is 0.0122. The maximum atomic E-state index is 11.3. The summed E-state index contributed by atoms with van der Waals surface area (Å²) in [5, 5.41) is 22.3. The number of aromatic amines is 1. The number of anilines is 2. The van der Waals surface area contributed by atoms with Gasteiger partial charge >= 0.3 is 5.97 Å². The zero-order valence-corrected chi connectivity index (χ0v) is 18.2. The van der Waals surface area contributed by atoms with E-state index in [9.17, 15) is 9.90 Å². The minimum atomic E-state index is -1.07. The number of ether oxygens (including phenoxy) is 1. The molecule has 4 N–H and O–H groups in total. The van der Waals surface area contributed by atoms with Crippen LogP contribution in [-0.2, 0) is 6.42 Å². The average Bonchev–Trinajstić information content (AvgIpc) is 3.17. The van der Waals surface area contributed by atoms with Gasteiger partial charge in [-0.05, 0) is 48.7 Å². The van der Waals surface area contributed by atoms with Crippen LogP contribution in [-0.4, -0.2) is 65.5 Å². The fraction of sp³-hybridized carbons (Fsp3) is 0.333. The van der Waals surface area contributed by atoms with Crippen molar-refractivity contribution in [3.63, 3.8) is 0 Å². The second-order valence-corrected chi connectivity index (χ2v) is 7.96. The van der Waals surface area contributed by atoms with Gasteiger partial charge in [-0.3, -0.25) is 10.00 Å². The number of carbonyl (C=O) groups is 1. The highest BCUT2D eigenvalue weighted by Crippen LogP contribution is 2.24. The van der Waals surface area contributed by atoms with Crippen LogP contribution < -0.4 is 15.4 Å². The Morgan fingerprint density at radius 1 is 1.09 bits per heavy atom. The fourth-order valence-corrected chi connectivity index (χ4v) is 3.75. The molecule has 0 saturated carbocycles. The van der Waals surface area contributed by atoms with Crippen LogP contribution in [0.4, 0.5) is 11.4 Å². The van der Waals surface area contributed by atoms with E-state index < -0.39 is 5.97 Å². The average molecular weight is 436 g/mol. The summed E-state index contributed by atoms with van der Waals surface area (Å²) in [4.78, 5) is 13.7. The molecular weight excluding hydrogens is 406 g/mol. The lowest BCUT2D eigenvalue weighted by Gasteiger charge is -2.26. The highest BCUT2D eigenvalue weighted by Gasteiger charge is 2.16. The summed E-state index contributed by atoms with van der Waals surface area (Å²) in [6, 6.07) is 16.2. The number of carboxylic acids is 1. The van der Waals surface area contributed by atoms with E-state index in [1.165, 1.54) is 11.1 Å². The first-order chi connectivity index (χ1) is 15.6. The van der Waals surface area contributed by atoms with E-state index in [1.54, 1.807) is 6.92 Å². The Morgan fingerprint density at radius 3 is 2.41 bits per heavy atom. The zero-order chi connectivity index (χ0) is 22.3. The quantitative estimate of drug-likeness (QED) is 0.410. The molecule has 2 heterocycles. The Kier molecular flexibility index (Phi) is 7.03. The summed E-state index contributed by atoms with van der Waals surface area (Å²) >= 11 is 0. The first-order valence-corrected chi connectivity index (χ1v) is 10.9. The number of H-pyrrole nitrogens is 1. The summed E-state index contributed by atoms with van der Waals surface area (Å²) in [5.74, 6) is -0.169. The number of hydrogen-bond donors (Lipinski definition) is 4. The summed E-state index contributed by atoms with van der Waals surface area (Å²) in [6.45, 7) is 7.71. The minimum Gasteiger partial charge on any atom is -0.492 e. The van der Waals surface area contributed by atoms with Crippen molar-refractivity contribution in [1.29, 1.82) is 0 Å². The van der Waals surface area contributed by atoms with Gasteiger partial charge < -0.3 is 20.5 Å². The highest BCUT2D eigenvalue weighted by molar-refractivity contribution is 5.93. The summed E-state index contributed by atoms with van der Waals surface area (Å²) in [5.41, 5.74) is 4.35. The van der Waals surface area contributed by atoms with Gasteiger partial charge in [-0.25, -0.2) is 4.79 Å². The Balaban J connectivity index is 1.29. The molecule has 2 aromatic carbocycles. The Hall–Kier alpha value is -3.36. The molecule has 0 bridgehead atoms. The summed E-state index contributed by atoms with van der Waals surface area (Å²) < 4.78 is 5.90. The van der Waals surface area contributed by atoms with Gasteiger partial charge in [0.05, 0.1) is 11.4 Å². The number of piperazine rings is 1. The van der Waals surface area contributed by atoms with Crippen molar-refractivity contribution in [2.24, 2.45) is 0 Å². The Labute approximate surface area is 187 Å². The van der Waals surface area contributed by atoms with Crippen molar-refractivity contribution < 1.29 is 14.6 Å². The smallest absolute Gasteiger partial charge is 0.358 e. The first-order valence-electron chi connectivity index (χ1n) is 10.9. The second-order valence-electron chi connectivity index (χ2n) is 7.96. The lowest BCUT2D eigenvalue weighted by atomic mass is 10.0. The van der Waals surface area contributed by atoms with Crippen LogP contribution in [0.1, 0.15) is 27.3 Å². The Morgan fingerprint density at radius 2 is 1.75 bits per heavy atom. The van der Waals surface area contributed by atoms with Crippen LogP contribution in [0.5, 0.6) is 5.75 Å². The van der Waals surface area contributed by atoms with Crippen LogP contribution in [0.2, 0.25) is 0 Å². The zero-order valence-electron chi connectivity index (χ0n) is 18.2. The molecule has 0 unspecified atom stereocenters. The van der Waals surface area contributed by atoms with E-state index >= 15 is 0 Å². The molecule has 0 spiro atoms. The first kappa shape index (κ1) is 21.9. The third-order valence-electron chi connectivity index (χ3n) is 5.59. The maximum Gasteiger partial charge on any atom is 0.358 e. The molecule has 1 aliphatic heterocycles.